The van der Waals surface area contributed by atoms with Crippen molar-refractivity contribution in [2.75, 3.05) is 6.54 Å². The van der Waals surface area contributed by atoms with Crippen molar-refractivity contribution >= 4 is 23.0 Å². The van der Waals surface area contributed by atoms with Gasteiger partial charge in [-0.1, -0.05) is 35.9 Å². The molecular formula is C17H14ClN3O. The van der Waals surface area contributed by atoms with Crippen LogP contribution in [0.1, 0.15) is 21.6 Å². The molecule has 0 N–H and O–H groups in total. The Balaban J connectivity index is 1.64. The average Bonchev–Trinajstić information content (AvgIpc) is 2.96. The molecule has 3 aromatic rings. The monoisotopic (exact) mass is 311 g/mol. The number of pyridine rings is 1. The first-order valence-electron chi connectivity index (χ1n) is 7.22. The zero-order valence-corrected chi connectivity index (χ0v) is 12.6. The molecule has 0 saturated carbocycles. The minimum atomic E-state index is -0.0330. The number of benzene rings is 1. The summed E-state index contributed by atoms with van der Waals surface area (Å²) in [6, 6.07) is 13.7. The molecule has 110 valence electrons. The highest BCUT2D eigenvalue weighted by molar-refractivity contribution is 6.30. The standard InChI is InChI=1S/C17H14ClN3O/c18-14-5-6-15-9-16(19-21(15)11-14)17(22)20-8-7-12-3-1-2-4-13(12)10-20/h1-6,9,11H,7-8,10H2. The zero-order chi connectivity index (χ0) is 15.1. The average molecular weight is 312 g/mol. The van der Waals surface area contributed by atoms with E-state index in [9.17, 15) is 4.79 Å². The normalized spacial score (nSPS) is 14.1. The third-order valence-electron chi connectivity index (χ3n) is 4.06. The predicted molar refractivity (Wildman–Crippen MR) is 85.1 cm³/mol. The molecule has 0 bridgehead atoms. The van der Waals surface area contributed by atoms with Gasteiger partial charge in [-0.05, 0) is 35.7 Å². The van der Waals surface area contributed by atoms with Gasteiger partial charge < -0.3 is 4.90 Å². The number of carbonyl (C=O) groups is 1. The van der Waals surface area contributed by atoms with E-state index in [-0.39, 0.29) is 5.91 Å². The van der Waals surface area contributed by atoms with Crippen LogP contribution in [0.25, 0.3) is 5.52 Å². The molecule has 22 heavy (non-hydrogen) atoms. The second-order valence-electron chi connectivity index (χ2n) is 5.49. The van der Waals surface area contributed by atoms with Gasteiger partial charge in [0.05, 0.1) is 10.5 Å². The minimum Gasteiger partial charge on any atom is -0.333 e. The molecule has 0 atom stereocenters. The van der Waals surface area contributed by atoms with Crippen LogP contribution in [-0.2, 0) is 13.0 Å². The third-order valence-corrected chi connectivity index (χ3v) is 4.28. The van der Waals surface area contributed by atoms with Crippen molar-refractivity contribution in [3.63, 3.8) is 0 Å². The lowest BCUT2D eigenvalue weighted by Crippen LogP contribution is -2.36. The van der Waals surface area contributed by atoms with Gasteiger partial charge in [-0.3, -0.25) is 4.79 Å². The molecule has 4 nitrogen and oxygen atoms in total. The molecule has 0 unspecified atom stereocenters. The highest BCUT2D eigenvalue weighted by Crippen LogP contribution is 2.21. The molecule has 0 spiro atoms. The molecule has 1 aliphatic heterocycles. The van der Waals surface area contributed by atoms with E-state index in [0.717, 1.165) is 18.5 Å². The summed E-state index contributed by atoms with van der Waals surface area (Å²) >= 11 is 5.96. The maximum absolute atomic E-state index is 12.7. The predicted octanol–water partition coefficient (Wildman–Crippen LogP) is 3.19. The first kappa shape index (κ1) is 13.3. The lowest BCUT2D eigenvalue weighted by atomic mass is 10.00. The van der Waals surface area contributed by atoms with Gasteiger partial charge in [0.1, 0.15) is 0 Å². The Bertz CT molecular complexity index is 871. The highest BCUT2D eigenvalue weighted by Gasteiger charge is 2.23. The molecule has 0 saturated heterocycles. The van der Waals surface area contributed by atoms with E-state index in [2.05, 4.69) is 17.2 Å². The van der Waals surface area contributed by atoms with Gasteiger partial charge in [0.15, 0.2) is 5.69 Å². The fraction of sp³-hybridized carbons (Fsp3) is 0.176. The highest BCUT2D eigenvalue weighted by atomic mass is 35.5. The largest absolute Gasteiger partial charge is 0.333 e. The van der Waals surface area contributed by atoms with Crippen LogP contribution < -0.4 is 0 Å². The fourth-order valence-corrected chi connectivity index (χ4v) is 3.05. The molecule has 0 radical (unpaired) electrons. The first-order chi connectivity index (χ1) is 10.7. The summed E-state index contributed by atoms with van der Waals surface area (Å²) in [6.45, 7) is 1.37. The molecule has 3 heterocycles. The summed E-state index contributed by atoms with van der Waals surface area (Å²) < 4.78 is 1.65. The number of carbonyl (C=O) groups excluding carboxylic acids is 1. The molecule has 2 aromatic heterocycles. The van der Waals surface area contributed by atoms with Gasteiger partial charge in [0, 0.05) is 19.3 Å². The Labute approximate surface area is 132 Å². The van der Waals surface area contributed by atoms with Crippen LogP contribution in [0.2, 0.25) is 5.02 Å². The summed E-state index contributed by atoms with van der Waals surface area (Å²) in [6.07, 6.45) is 2.60. The number of fused-ring (bicyclic) bond motifs is 2. The van der Waals surface area contributed by atoms with Crippen molar-refractivity contribution in [3.05, 3.63) is 70.5 Å². The summed E-state index contributed by atoms with van der Waals surface area (Å²) in [7, 11) is 0. The van der Waals surface area contributed by atoms with Crippen molar-refractivity contribution in [2.45, 2.75) is 13.0 Å². The summed E-state index contributed by atoms with van der Waals surface area (Å²) in [5.41, 5.74) is 3.87. The van der Waals surface area contributed by atoms with Crippen LogP contribution in [0, 0.1) is 0 Å². The Morgan fingerprint density at radius 3 is 2.82 bits per heavy atom. The number of rotatable bonds is 1. The zero-order valence-electron chi connectivity index (χ0n) is 11.9. The second-order valence-corrected chi connectivity index (χ2v) is 5.93. The maximum Gasteiger partial charge on any atom is 0.274 e. The Morgan fingerprint density at radius 2 is 1.95 bits per heavy atom. The molecule has 1 aromatic carbocycles. The molecule has 0 aliphatic carbocycles. The van der Waals surface area contributed by atoms with Crippen LogP contribution in [0.3, 0.4) is 0 Å². The lowest BCUT2D eigenvalue weighted by molar-refractivity contribution is 0.0728. The van der Waals surface area contributed by atoms with Gasteiger partial charge in [0.2, 0.25) is 0 Å². The number of amides is 1. The Hall–Kier alpha value is -2.33. The molecule has 4 rings (SSSR count). The third kappa shape index (κ3) is 2.25. The van der Waals surface area contributed by atoms with Gasteiger partial charge in [-0.15, -0.1) is 0 Å². The number of hydrogen-bond acceptors (Lipinski definition) is 2. The van der Waals surface area contributed by atoms with E-state index >= 15 is 0 Å². The summed E-state index contributed by atoms with van der Waals surface area (Å²) in [5.74, 6) is -0.0330. The second kappa shape index (κ2) is 5.14. The molecule has 5 heteroatoms. The van der Waals surface area contributed by atoms with Crippen molar-refractivity contribution in [2.24, 2.45) is 0 Å². The van der Waals surface area contributed by atoms with Crippen LogP contribution >= 0.6 is 11.6 Å². The fourth-order valence-electron chi connectivity index (χ4n) is 2.90. The van der Waals surface area contributed by atoms with E-state index in [1.54, 1.807) is 22.8 Å². The van der Waals surface area contributed by atoms with Gasteiger partial charge >= 0.3 is 0 Å². The first-order valence-corrected chi connectivity index (χ1v) is 7.59. The van der Waals surface area contributed by atoms with Crippen LogP contribution in [0.5, 0.6) is 0 Å². The Morgan fingerprint density at radius 1 is 1.14 bits per heavy atom. The maximum atomic E-state index is 12.7. The van der Waals surface area contributed by atoms with E-state index in [1.807, 2.05) is 23.1 Å². The quantitative estimate of drug-likeness (QED) is 0.692. The van der Waals surface area contributed by atoms with Gasteiger partial charge in [0.25, 0.3) is 5.91 Å². The van der Waals surface area contributed by atoms with Gasteiger partial charge in [-0.25, -0.2) is 4.52 Å². The van der Waals surface area contributed by atoms with Gasteiger partial charge in [-0.2, -0.15) is 5.10 Å². The van der Waals surface area contributed by atoms with Crippen molar-refractivity contribution in [1.29, 1.82) is 0 Å². The van der Waals surface area contributed by atoms with E-state index < -0.39 is 0 Å². The Kier molecular flexibility index (Phi) is 3.12. The van der Waals surface area contributed by atoms with Crippen LogP contribution in [0.15, 0.2) is 48.7 Å². The van der Waals surface area contributed by atoms with E-state index in [4.69, 9.17) is 11.6 Å². The molecule has 0 fully saturated rings. The number of nitrogens with zero attached hydrogens (tertiary/aromatic N) is 3. The van der Waals surface area contributed by atoms with Crippen molar-refractivity contribution in [1.82, 2.24) is 14.5 Å². The number of halogens is 1. The van der Waals surface area contributed by atoms with E-state index in [0.29, 0.717) is 17.3 Å². The topological polar surface area (TPSA) is 37.6 Å². The summed E-state index contributed by atoms with van der Waals surface area (Å²) in [5, 5.41) is 4.94. The minimum absolute atomic E-state index is 0.0330. The van der Waals surface area contributed by atoms with Crippen LogP contribution in [0.4, 0.5) is 0 Å². The van der Waals surface area contributed by atoms with Crippen LogP contribution in [-0.4, -0.2) is 27.0 Å². The summed E-state index contributed by atoms with van der Waals surface area (Å²) in [4.78, 5) is 14.5. The SMILES string of the molecule is O=C(c1cc2ccc(Cl)cn2n1)N1CCc2ccccc2C1. The lowest BCUT2D eigenvalue weighted by Gasteiger charge is -2.28. The van der Waals surface area contributed by atoms with E-state index in [1.165, 1.54) is 11.1 Å². The number of hydrogen-bond donors (Lipinski definition) is 0. The molecular weight excluding hydrogens is 298 g/mol. The smallest absolute Gasteiger partial charge is 0.274 e. The molecule has 1 amide bonds. The number of aromatic nitrogens is 2. The van der Waals surface area contributed by atoms with Crippen molar-refractivity contribution in [3.8, 4) is 0 Å². The van der Waals surface area contributed by atoms with Crippen molar-refractivity contribution < 1.29 is 4.79 Å². The molecule has 1 aliphatic rings.